The SMILES string of the molecule is CCc1nnc2n1CC(CNCc1coc(-c3cccs3)n1)CC2. The number of aromatic nitrogens is 4. The number of hydrogen-bond acceptors (Lipinski definition) is 6. The molecular weight excluding hydrogens is 322 g/mol. The third-order valence-corrected chi connectivity index (χ3v) is 5.32. The van der Waals surface area contributed by atoms with Crippen molar-refractivity contribution in [3.8, 4) is 10.8 Å². The lowest BCUT2D eigenvalue weighted by Gasteiger charge is -2.24. The molecule has 1 aliphatic heterocycles. The van der Waals surface area contributed by atoms with Gasteiger partial charge in [0.25, 0.3) is 0 Å². The van der Waals surface area contributed by atoms with Gasteiger partial charge in [-0.1, -0.05) is 13.0 Å². The van der Waals surface area contributed by atoms with Gasteiger partial charge in [-0.3, -0.25) is 0 Å². The average molecular weight is 343 g/mol. The number of hydrogen-bond donors (Lipinski definition) is 1. The standard InChI is InChI=1S/C17H21N5OS/c1-2-15-20-21-16-6-5-12(10-22(15)16)8-18-9-13-11-23-17(19-13)14-4-3-7-24-14/h3-4,7,11-12,18H,2,5-6,8-10H2,1H3. The lowest BCUT2D eigenvalue weighted by Crippen LogP contribution is -2.30. The number of aryl methyl sites for hydroxylation is 2. The van der Waals surface area contributed by atoms with Crippen molar-refractivity contribution in [3.63, 3.8) is 0 Å². The average Bonchev–Trinajstić information content (AvgIpc) is 3.34. The largest absolute Gasteiger partial charge is 0.444 e. The number of thiophene rings is 1. The first kappa shape index (κ1) is 15.5. The molecule has 0 spiro atoms. The Balaban J connectivity index is 1.30. The molecular formula is C17H21N5OS. The Kier molecular flexibility index (Phi) is 4.44. The van der Waals surface area contributed by atoms with Crippen LogP contribution in [0.25, 0.3) is 10.8 Å². The lowest BCUT2D eigenvalue weighted by atomic mass is 9.99. The monoisotopic (exact) mass is 343 g/mol. The van der Waals surface area contributed by atoms with Crippen LogP contribution in [0.1, 0.15) is 30.7 Å². The van der Waals surface area contributed by atoms with Crippen molar-refractivity contribution in [1.82, 2.24) is 25.1 Å². The van der Waals surface area contributed by atoms with Crippen LogP contribution in [0.15, 0.2) is 28.2 Å². The van der Waals surface area contributed by atoms with Crippen LogP contribution in [-0.2, 0) is 25.9 Å². The van der Waals surface area contributed by atoms with E-state index in [4.69, 9.17) is 4.42 Å². The first-order valence-electron chi connectivity index (χ1n) is 8.43. The molecule has 4 heterocycles. The second-order valence-corrected chi connectivity index (χ2v) is 7.10. The van der Waals surface area contributed by atoms with Crippen LogP contribution >= 0.6 is 11.3 Å². The van der Waals surface area contributed by atoms with Gasteiger partial charge >= 0.3 is 0 Å². The van der Waals surface area contributed by atoms with Gasteiger partial charge < -0.3 is 14.3 Å². The molecule has 3 aromatic rings. The summed E-state index contributed by atoms with van der Waals surface area (Å²) >= 11 is 1.64. The van der Waals surface area contributed by atoms with Crippen molar-refractivity contribution in [2.24, 2.45) is 5.92 Å². The highest BCUT2D eigenvalue weighted by molar-refractivity contribution is 7.13. The predicted molar refractivity (Wildman–Crippen MR) is 92.7 cm³/mol. The first-order valence-corrected chi connectivity index (χ1v) is 9.31. The molecule has 0 amide bonds. The molecule has 1 N–H and O–H groups in total. The molecule has 1 unspecified atom stereocenters. The molecule has 4 rings (SSSR count). The minimum atomic E-state index is 0.613. The highest BCUT2D eigenvalue weighted by Gasteiger charge is 2.22. The van der Waals surface area contributed by atoms with Crippen molar-refractivity contribution in [2.75, 3.05) is 6.54 Å². The Morgan fingerprint density at radius 2 is 2.38 bits per heavy atom. The highest BCUT2D eigenvalue weighted by atomic mass is 32.1. The summed E-state index contributed by atoms with van der Waals surface area (Å²) in [5.41, 5.74) is 0.952. The van der Waals surface area contributed by atoms with E-state index in [1.807, 2.05) is 17.5 Å². The first-order chi connectivity index (χ1) is 11.8. The van der Waals surface area contributed by atoms with Crippen molar-refractivity contribution in [2.45, 2.75) is 39.3 Å². The van der Waals surface area contributed by atoms with Crippen LogP contribution < -0.4 is 5.32 Å². The summed E-state index contributed by atoms with van der Waals surface area (Å²) in [5.74, 6) is 3.57. The van der Waals surface area contributed by atoms with E-state index in [1.165, 1.54) is 0 Å². The predicted octanol–water partition coefficient (Wildman–Crippen LogP) is 2.91. The van der Waals surface area contributed by atoms with Gasteiger partial charge in [0.2, 0.25) is 5.89 Å². The second-order valence-electron chi connectivity index (χ2n) is 6.15. The van der Waals surface area contributed by atoms with Gasteiger partial charge in [-0.2, -0.15) is 0 Å². The van der Waals surface area contributed by atoms with Gasteiger partial charge in [-0.25, -0.2) is 4.98 Å². The van der Waals surface area contributed by atoms with E-state index in [0.29, 0.717) is 11.8 Å². The molecule has 6 nitrogen and oxygen atoms in total. The van der Waals surface area contributed by atoms with Gasteiger partial charge in [0.15, 0.2) is 0 Å². The van der Waals surface area contributed by atoms with Crippen LogP contribution in [0.4, 0.5) is 0 Å². The molecule has 24 heavy (non-hydrogen) atoms. The van der Waals surface area contributed by atoms with Crippen LogP contribution in [0.3, 0.4) is 0 Å². The van der Waals surface area contributed by atoms with E-state index < -0.39 is 0 Å². The number of rotatable bonds is 6. The second kappa shape index (κ2) is 6.86. The molecule has 0 saturated carbocycles. The molecule has 0 aliphatic carbocycles. The van der Waals surface area contributed by atoms with Crippen molar-refractivity contribution in [3.05, 3.63) is 41.1 Å². The third kappa shape index (κ3) is 3.14. The van der Waals surface area contributed by atoms with Gasteiger partial charge in [-0.15, -0.1) is 21.5 Å². The summed E-state index contributed by atoms with van der Waals surface area (Å²) in [6, 6.07) is 4.03. The molecule has 0 fully saturated rings. The van der Waals surface area contributed by atoms with Crippen LogP contribution in [0, 0.1) is 5.92 Å². The topological polar surface area (TPSA) is 68.8 Å². The van der Waals surface area contributed by atoms with E-state index in [2.05, 4.69) is 32.0 Å². The smallest absolute Gasteiger partial charge is 0.236 e. The van der Waals surface area contributed by atoms with Gasteiger partial charge in [0, 0.05) is 32.5 Å². The van der Waals surface area contributed by atoms with Crippen LogP contribution in [0.5, 0.6) is 0 Å². The Morgan fingerprint density at radius 1 is 1.42 bits per heavy atom. The number of fused-ring (bicyclic) bond motifs is 1. The van der Waals surface area contributed by atoms with Gasteiger partial charge in [0.1, 0.15) is 17.9 Å². The van der Waals surface area contributed by atoms with Crippen molar-refractivity contribution >= 4 is 11.3 Å². The quantitative estimate of drug-likeness (QED) is 0.745. The molecule has 0 saturated heterocycles. The zero-order valence-electron chi connectivity index (χ0n) is 13.7. The highest BCUT2D eigenvalue weighted by Crippen LogP contribution is 2.24. The van der Waals surface area contributed by atoms with E-state index in [1.54, 1.807) is 17.6 Å². The molecule has 7 heteroatoms. The Morgan fingerprint density at radius 3 is 3.21 bits per heavy atom. The summed E-state index contributed by atoms with van der Waals surface area (Å²) in [5, 5.41) is 14.1. The summed E-state index contributed by atoms with van der Waals surface area (Å²) in [7, 11) is 0. The maximum Gasteiger partial charge on any atom is 0.236 e. The number of oxazole rings is 1. The minimum absolute atomic E-state index is 0.613. The number of nitrogens with one attached hydrogen (secondary N) is 1. The summed E-state index contributed by atoms with van der Waals surface area (Å²) in [6.45, 7) is 4.86. The fourth-order valence-electron chi connectivity index (χ4n) is 3.18. The molecule has 0 aromatic carbocycles. The minimum Gasteiger partial charge on any atom is -0.444 e. The lowest BCUT2D eigenvalue weighted by molar-refractivity contribution is 0.342. The third-order valence-electron chi connectivity index (χ3n) is 4.46. The molecule has 126 valence electrons. The van der Waals surface area contributed by atoms with E-state index in [-0.39, 0.29) is 0 Å². The van der Waals surface area contributed by atoms with Gasteiger partial charge in [-0.05, 0) is 23.8 Å². The molecule has 1 aliphatic rings. The molecule has 0 radical (unpaired) electrons. The van der Waals surface area contributed by atoms with E-state index in [0.717, 1.165) is 61.1 Å². The summed E-state index contributed by atoms with van der Waals surface area (Å²) in [4.78, 5) is 5.62. The fraction of sp³-hybridized carbons (Fsp3) is 0.471. The Bertz CT molecular complexity index is 778. The normalized spacial score (nSPS) is 17.1. The van der Waals surface area contributed by atoms with Crippen LogP contribution in [-0.4, -0.2) is 26.3 Å². The molecule has 1 atom stereocenters. The van der Waals surface area contributed by atoms with Crippen molar-refractivity contribution in [1.29, 1.82) is 0 Å². The number of nitrogens with zero attached hydrogens (tertiary/aromatic N) is 4. The zero-order chi connectivity index (χ0) is 16.4. The fourth-order valence-corrected chi connectivity index (χ4v) is 3.84. The van der Waals surface area contributed by atoms with E-state index >= 15 is 0 Å². The summed E-state index contributed by atoms with van der Waals surface area (Å²) in [6.07, 6.45) is 4.87. The molecule has 3 aromatic heterocycles. The van der Waals surface area contributed by atoms with Gasteiger partial charge in [0.05, 0.1) is 10.6 Å². The van der Waals surface area contributed by atoms with E-state index in [9.17, 15) is 0 Å². The molecule has 0 bridgehead atoms. The Labute approximate surface area is 144 Å². The Hall–Kier alpha value is -1.99. The summed E-state index contributed by atoms with van der Waals surface area (Å²) < 4.78 is 7.85. The zero-order valence-corrected chi connectivity index (χ0v) is 14.6. The maximum absolute atomic E-state index is 5.56. The maximum atomic E-state index is 5.56. The van der Waals surface area contributed by atoms with Crippen molar-refractivity contribution < 1.29 is 4.42 Å². The van der Waals surface area contributed by atoms with Crippen LogP contribution in [0.2, 0.25) is 0 Å².